The topological polar surface area (TPSA) is 88.5 Å². The van der Waals surface area contributed by atoms with Gasteiger partial charge in [0, 0.05) is 39.9 Å². The number of methoxy groups -OCH3 is 2. The lowest BCUT2D eigenvalue weighted by Crippen LogP contribution is -2.43. The summed E-state index contributed by atoms with van der Waals surface area (Å²) in [6.07, 6.45) is 0. The molecular formula is C16H23N3O5S. The number of sulfonamides is 1. The first-order valence-electron chi connectivity index (χ1n) is 7.82. The van der Waals surface area contributed by atoms with E-state index < -0.39 is 10.0 Å². The highest BCUT2D eigenvalue weighted by Gasteiger charge is 2.31. The molecule has 0 bridgehead atoms. The van der Waals surface area contributed by atoms with E-state index in [9.17, 15) is 13.2 Å². The van der Waals surface area contributed by atoms with Crippen LogP contribution in [0.3, 0.4) is 0 Å². The molecule has 0 aromatic heterocycles. The van der Waals surface area contributed by atoms with E-state index in [4.69, 9.17) is 9.47 Å². The molecule has 9 heteroatoms. The van der Waals surface area contributed by atoms with Crippen LogP contribution >= 0.6 is 0 Å². The normalized spacial score (nSPS) is 14.8. The van der Waals surface area contributed by atoms with Crippen molar-refractivity contribution in [2.75, 3.05) is 54.1 Å². The Labute approximate surface area is 148 Å². The lowest BCUT2D eigenvalue weighted by Gasteiger charge is -2.26. The van der Waals surface area contributed by atoms with Gasteiger partial charge in [0.1, 0.15) is 4.90 Å². The largest absolute Gasteiger partial charge is 0.383 e. The molecule has 0 atom stereocenters. The predicted octanol–water partition coefficient (Wildman–Crippen LogP) is 0.189. The number of carbonyl (C=O) groups excluding carboxylic acids is 1. The third-order valence-corrected chi connectivity index (χ3v) is 5.15. The zero-order valence-electron chi connectivity index (χ0n) is 14.6. The molecule has 0 fully saturated rings. The lowest BCUT2D eigenvalue weighted by molar-refractivity contribution is -0.132. The van der Waals surface area contributed by atoms with E-state index in [0.717, 1.165) is 0 Å². The van der Waals surface area contributed by atoms with Crippen LogP contribution in [0.4, 0.5) is 0 Å². The van der Waals surface area contributed by atoms with Gasteiger partial charge < -0.3 is 19.3 Å². The van der Waals surface area contributed by atoms with Gasteiger partial charge in [0.25, 0.3) is 10.0 Å². The van der Waals surface area contributed by atoms with Crippen molar-refractivity contribution >= 4 is 21.8 Å². The highest BCUT2D eigenvalue weighted by molar-refractivity contribution is 7.90. The van der Waals surface area contributed by atoms with Crippen molar-refractivity contribution in [3.8, 4) is 0 Å². The first-order valence-corrected chi connectivity index (χ1v) is 9.26. The van der Waals surface area contributed by atoms with Crippen molar-refractivity contribution in [1.29, 1.82) is 0 Å². The summed E-state index contributed by atoms with van der Waals surface area (Å²) in [5.41, 5.74) is 0.512. The van der Waals surface area contributed by atoms with Gasteiger partial charge in [0.05, 0.1) is 19.8 Å². The Morgan fingerprint density at radius 2 is 1.72 bits per heavy atom. The van der Waals surface area contributed by atoms with Crippen LogP contribution in [-0.2, 0) is 24.3 Å². The minimum Gasteiger partial charge on any atom is -0.383 e. The molecule has 0 N–H and O–H groups in total. The van der Waals surface area contributed by atoms with E-state index in [-0.39, 0.29) is 23.2 Å². The summed E-state index contributed by atoms with van der Waals surface area (Å²) in [6.45, 7) is 1.71. The first kappa shape index (κ1) is 19.4. The fourth-order valence-electron chi connectivity index (χ4n) is 2.51. The Hall–Kier alpha value is -1.97. The number of hydrogen-bond acceptors (Lipinski definition) is 6. The fraction of sp³-hybridized carbons (Fsp3) is 0.500. The Bertz CT molecular complexity index is 740. The predicted molar refractivity (Wildman–Crippen MR) is 93.1 cm³/mol. The van der Waals surface area contributed by atoms with Crippen molar-refractivity contribution in [3.05, 3.63) is 29.8 Å². The van der Waals surface area contributed by atoms with Gasteiger partial charge >= 0.3 is 0 Å². The molecular weight excluding hydrogens is 346 g/mol. The van der Waals surface area contributed by atoms with Crippen LogP contribution in [0.25, 0.3) is 0 Å². The Kier molecular flexibility index (Phi) is 6.51. The summed E-state index contributed by atoms with van der Waals surface area (Å²) in [4.78, 5) is 15.9. The van der Waals surface area contributed by atoms with E-state index in [1.165, 1.54) is 6.07 Å². The first-order chi connectivity index (χ1) is 11.9. The highest BCUT2D eigenvalue weighted by atomic mass is 32.2. The van der Waals surface area contributed by atoms with Crippen LogP contribution in [0.2, 0.25) is 0 Å². The standard InChI is InChI=1S/C16H23N3O5S/c1-18(12-15(20)19(8-10-23-2)9-11-24-3)16-13-6-4-5-7-14(13)25(21,22)17-16/h4-7H,8-12H2,1-3H3. The van der Waals surface area contributed by atoms with Gasteiger partial charge in [-0.3, -0.25) is 4.79 Å². The van der Waals surface area contributed by atoms with Gasteiger partial charge in [-0.1, -0.05) is 12.1 Å². The minimum absolute atomic E-state index is 0.0100. The number of amidine groups is 1. The second-order valence-electron chi connectivity index (χ2n) is 5.61. The molecule has 138 valence electrons. The third-order valence-electron chi connectivity index (χ3n) is 3.83. The number of fused-ring (bicyclic) bond motifs is 1. The van der Waals surface area contributed by atoms with Crippen molar-refractivity contribution < 1.29 is 22.7 Å². The third kappa shape index (κ3) is 4.56. The van der Waals surface area contributed by atoms with Gasteiger partial charge in [-0.05, 0) is 12.1 Å². The van der Waals surface area contributed by atoms with Gasteiger partial charge in [0.15, 0.2) is 5.84 Å². The molecule has 1 amide bonds. The SMILES string of the molecule is COCCN(CCOC)C(=O)CN(C)C1=NS(=O)(=O)c2ccccc21. The monoisotopic (exact) mass is 369 g/mol. The molecule has 0 spiro atoms. The van der Waals surface area contributed by atoms with Crippen LogP contribution in [0, 0.1) is 0 Å². The van der Waals surface area contributed by atoms with Crippen LogP contribution in [0.5, 0.6) is 0 Å². The van der Waals surface area contributed by atoms with E-state index in [2.05, 4.69) is 4.40 Å². The van der Waals surface area contributed by atoms with Gasteiger partial charge in [-0.2, -0.15) is 8.42 Å². The molecule has 1 heterocycles. The van der Waals surface area contributed by atoms with Crippen LogP contribution in [0.1, 0.15) is 5.56 Å². The van der Waals surface area contributed by atoms with Crippen LogP contribution in [-0.4, -0.2) is 84.1 Å². The van der Waals surface area contributed by atoms with Crippen molar-refractivity contribution in [2.24, 2.45) is 4.40 Å². The number of amides is 1. The second kappa shape index (κ2) is 8.41. The summed E-state index contributed by atoms with van der Waals surface area (Å²) >= 11 is 0. The highest BCUT2D eigenvalue weighted by Crippen LogP contribution is 2.26. The van der Waals surface area contributed by atoms with Crippen molar-refractivity contribution in [2.45, 2.75) is 4.90 Å². The average Bonchev–Trinajstić information content (AvgIpc) is 2.87. The van der Waals surface area contributed by atoms with E-state index in [1.54, 1.807) is 49.3 Å². The van der Waals surface area contributed by atoms with Crippen molar-refractivity contribution in [1.82, 2.24) is 9.80 Å². The summed E-state index contributed by atoms with van der Waals surface area (Å²) in [5, 5.41) is 0. The molecule has 0 aliphatic carbocycles. The zero-order chi connectivity index (χ0) is 18.4. The number of hydrogen-bond donors (Lipinski definition) is 0. The Balaban J connectivity index is 2.13. The van der Waals surface area contributed by atoms with E-state index in [1.807, 2.05) is 0 Å². The molecule has 25 heavy (non-hydrogen) atoms. The van der Waals surface area contributed by atoms with Gasteiger partial charge in [-0.15, -0.1) is 4.40 Å². The Morgan fingerprint density at radius 3 is 2.32 bits per heavy atom. The van der Waals surface area contributed by atoms with Gasteiger partial charge in [0.2, 0.25) is 5.91 Å². The van der Waals surface area contributed by atoms with E-state index >= 15 is 0 Å². The summed E-state index contributed by atoms with van der Waals surface area (Å²) in [5.74, 6) is 0.128. The number of ether oxygens (including phenoxy) is 2. The molecule has 2 rings (SSSR count). The number of benzene rings is 1. The van der Waals surface area contributed by atoms with Crippen molar-refractivity contribution in [3.63, 3.8) is 0 Å². The van der Waals surface area contributed by atoms with Crippen LogP contribution < -0.4 is 0 Å². The maximum absolute atomic E-state index is 12.6. The molecule has 1 aliphatic rings. The quantitative estimate of drug-likeness (QED) is 0.650. The summed E-state index contributed by atoms with van der Waals surface area (Å²) in [6, 6.07) is 6.60. The van der Waals surface area contributed by atoms with Crippen LogP contribution in [0.15, 0.2) is 33.6 Å². The molecule has 0 radical (unpaired) electrons. The molecule has 1 aromatic rings. The smallest absolute Gasteiger partial charge is 0.285 e. The number of rotatable bonds is 8. The number of carbonyl (C=O) groups is 1. The summed E-state index contributed by atoms with van der Waals surface area (Å²) < 4.78 is 38.1. The molecule has 0 unspecified atom stereocenters. The average molecular weight is 369 g/mol. The number of nitrogens with zero attached hydrogens (tertiary/aromatic N) is 3. The second-order valence-corrected chi connectivity index (χ2v) is 7.18. The fourth-order valence-corrected chi connectivity index (χ4v) is 3.76. The molecule has 8 nitrogen and oxygen atoms in total. The summed E-state index contributed by atoms with van der Waals surface area (Å²) in [7, 11) is 1.09. The molecule has 0 saturated carbocycles. The minimum atomic E-state index is -3.70. The number of likely N-dealkylation sites (N-methyl/N-ethyl adjacent to an activating group) is 1. The van der Waals surface area contributed by atoms with Gasteiger partial charge in [-0.25, -0.2) is 0 Å². The molecule has 0 saturated heterocycles. The maximum Gasteiger partial charge on any atom is 0.285 e. The molecule has 1 aliphatic heterocycles. The van der Waals surface area contributed by atoms with E-state index in [0.29, 0.717) is 31.9 Å². The zero-order valence-corrected chi connectivity index (χ0v) is 15.5. The Morgan fingerprint density at radius 1 is 1.12 bits per heavy atom. The molecule has 1 aromatic carbocycles. The lowest BCUT2D eigenvalue weighted by atomic mass is 10.2. The maximum atomic E-state index is 12.6.